The molecule has 2 heterocycles. The van der Waals surface area contributed by atoms with Gasteiger partial charge in [-0.2, -0.15) is 0 Å². The molecule has 0 saturated carbocycles. The van der Waals surface area contributed by atoms with Gasteiger partial charge in [-0.25, -0.2) is 0 Å². The van der Waals surface area contributed by atoms with Crippen molar-refractivity contribution in [2.24, 2.45) is 0 Å². The highest BCUT2D eigenvalue weighted by Crippen LogP contribution is 2.25. The number of piperidine rings is 1. The first kappa shape index (κ1) is 14.6. The molecule has 0 atom stereocenters. The minimum Gasteiger partial charge on any atom is -0.372 e. The number of hydrogen-bond donors (Lipinski definition) is 1. The van der Waals surface area contributed by atoms with Crippen LogP contribution in [0, 0.1) is 0 Å². The van der Waals surface area contributed by atoms with Crippen molar-refractivity contribution in [2.75, 3.05) is 23.3 Å². The van der Waals surface area contributed by atoms with Gasteiger partial charge in [-0.3, -0.25) is 4.79 Å². The third-order valence-corrected chi connectivity index (χ3v) is 5.51. The summed E-state index contributed by atoms with van der Waals surface area (Å²) in [4.78, 5) is 15.3. The molecule has 3 nitrogen and oxygen atoms in total. The van der Waals surface area contributed by atoms with Crippen molar-refractivity contribution in [2.45, 2.75) is 19.3 Å². The molecule has 0 aliphatic carbocycles. The molecular formula is C16H17BrN2OS. The molecule has 0 unspecified atom stereocenters. The average Bonchev–Trinajstić information content (AvgIpc) is 2.95. The van der Waals surface area contributed by atoms with Gasteiger partial charge in [-0.1, -0.05) is 0 Å². The summed E-state index contributed by atoms with van der Waals surface area (Å²) in [5, 5.41) is 4.84. The maximum atomic E-state index is 12.1. The van der Waals surface area contributed by atoms with Crippen molar-refractivity contribution in [3.05, 3.63) is 45.1 Å². The number of nitrogens with zero attached hydrogens (tertiary/aromatic N) is 1. The number of thiophene rings is 1. The van der Waals surface area contributed by atoms with Crippen molar-refractivity contribution in [3.63, 3.8) is 0 Å². The molecule has 0 radical (unpaired) electrons. The predicted molar refractivity (Wildman–Crippen MR) is 92.5 cm³/mol. The SMILES string of the molecule is O=C(Nc1ccc(N2CCCCC2)cc1)c1sccc1Br. The number of amides is 1. The maximum Gasteiger partial charge on any atom is 0.266 e. The summed E-state index contributed by atoms with van der Waals surface area (Å²) in [6.45, 7) is 2.27. The van der Waals surface area contributed by atoms with Gasteiger partial charge in [-0.15, -0.1) is 11.3 Å². The van der Waals surface area contributed by atoms with Crippen molar-refractivity contribution in [1.82, 2.24) is 0 Å². The van der Waals surface area contributed by atoms with Crippen LogP contribution in [-0.4, -0.2) is 19.0 Å². The molecule has 3 rings (SSSR count). The second-order valence-electron chi connectivity index (χ2n) is 5.15. The zero-order valence-electron chi connectivity index (χ0n) is 11.6. The summed E-state index contributed by atoms with van der Waals surface area (Å²) in [7, 11) is 0. The number of anilines is 2. The highest BCUT2D eigenvalue weighted by molar-refractivity contribution is 9.10. The van der Waals surface area contributed by atoms with E-state index in [1.807, 2.05) is 23.6 Å². The predicted octanol–water partition coefficient (Wildman–Crippen LogP) is 4.75. The van der Waals surface area contributed by atoms with Crippen molar-refractivity contribution < 1.29 is 4.79 Å². The summed E-state index contributed by atoms with van der Waals surface area (Å²) in [6, 6.07) is 10.0. The van der Waals surface area contributed by atoms with Crippen LogP contribution >= 0.6 is 27.3 Å². The Morgan fingerprint density at radius 2 is 1.81 bits per heavy atom. The van der Waals surface area contributed by atoms with Crippen LogP contribution in [-0.2, 0) is 0 Å². The first-order valence-electron chi connectivity index (χ1n) is 7.13. The van der Waals surface area contributed by atoms with Gasteiger partial charge in [0, 0.05) is 28.9 Å². The van der Waals surface area contributed by atoms with Gasteiger partial charge >= 0.3 is 0 Å². The van der Waals surface area contributed by atoms with Crippen LogP contribution in [0.2, 0.25) is 0 Å². The number of carbonyl (C=O) groups excluding carboxylic acids is 1. The van der Waals surface area contributed by atoms with Crippen molar-refractivity contribution >= 4 is 44.5 Å². The van der Waals surface area contributed by atoms with Crippen molar-refractivity contribution in [1.29, 1.82) is 0 Å². The number of halogens is 1. The minimum absolute atomic E-state index is 0.0670. The van der Waals surface area contributed by atoms with Crippen LogP contribution in [0.25, 0.3) is 0 Å². The van der Waals surface area contributed by atoms with Gasteiger partial charge < -0.3 is 10.2 Å². The summed E-state index contributed by atoms with van der Waals surface area (Å²) in [5.74, 6) is -0.0670. The lowest BCUT2D eigenvalue weighted by Crippen LogP contribution is -2.29. The molecular weight excluding hydrogens is 348 g/mol. The lowest BCUT2D eigenvalue weighted by Gasteiger charge is -2.28. The molecule has 1 N–H and O–H groups in total. The summed E-state index contributed by atoms with van der Waals surface area (Å²) in [6.07, 6.45) is 3.87. The zero-order valence-corrected chi connectivity index (χ0v) is 14.0. The number of rotatable bonds is 3. The van der Waals surface area contributed by atoms with Gasteiger partial charge in [0.1, 0.15) is 4.88 Å². The van der Waals surface area contributed by atoms with Gasteiger partial charge in [0.15, 0.2) is 0 Å². The second-order valence-corrected chi connectivity index (χ2v) is 6.92. The van der Waals surface area contributed by atoms with Crippen LogP contribution in [0.1, 0.15) is 28.9 Å². The van der Waals surface area contributed by atoms with Crippen LogP contribution in [0.4, 0.5) is 11.4 Å². The van der Waals surface area contributed by atoms with Crippen LogP contribution in [0.5, 0.6) is 0 Å². The third kappa shape index (κ3) is 3.47. The smallest absolute Gasteiger partial charge is 0.266 e. The van der Waals surface area contributed by atoms with Gasteiger partial charge in [0.25, 0.3) is 5.91 Å². The molecule has 5 heteroatoms. The molecule has 0 bridgehead atoms. The first-order valence-corrected chi connectivity index (χ1v) is 8.81. The average molecular weight is 365 g/mol. The zero-order chi connectivity index (χ0) is 14.7. The third-order valence-electron chi connectivity index (χ3n) is 3.67. The maximum absolute atomic E-state index is 12.1. The van der Waals surface area contributed by atoms with Gasteiger partial charge in [-0.05, 0) is 70.9 Å². The monoisotopic (exact) mass is 364 g/mol. The van der Waals surface area contributed by atoms with Crippen LogP contribution < -0.4 is 10.2 Å². The molecule has 1 amide bonds. The number of nitrogens with one attached hydrogen (secondary N) is 1. The Labute approximate surface area is 137 Å². The second kappa shape index (κ2) is 6.62. The molecule has 110 valence electrons. The fourth-order valence-electron chi connectivity index (χ4n) is 2.55. The molecule has 0 spiro atoms. The van der Waals surface area contributed by atoms with E-state index in [2.05, 4.69) is 38.3 Å². The standard InChI is InChI=1S/C16H17BrN2OS/c17-14-8-11-21-15(14)16(20)18-12-4-6-13(7-5-12)19-9-2-1-3-10-19/h4-8,11H,1-3,9-10H2,(H,18,20). The van der Waals surface area contributed by atoms with Gasteiger partial charge in [0.05, 0.1) is 0 Å². The highest BCUT2D eigenvalue weighted by Gasteiger charge is 2.13. The number of carbonyl (C=O) groups is 1. The topological polar surface area (TPSA) is 32.3 Å². The van der Waals surface area contributed by atoms with Crippen LogP contribution in [0.15, 0.2) is 40.2 Å². The van der Waals surface area contributed by atoms with Gasteiger partial charge in [0.2, 0.25) is 0 Å². The van der Waals surface area contributed by atoms with Crippen LogP contribution in [0.3, 0.4) is 0 Å². The van der Waals surface area contributed by atoms with E-state index in [-0.39, 0.29) is 5.91 Å². The van der Waals surface area contributed by atoms with E-state index in [0.29, 0.717) is 4.88 Å². The first-order chi connectivity index (χ1) is 10.2. The Bertz CT molecular complexity index is 617. The molecule has 1 saturated heterocycles. The lowest BCUT2D eigenvalue weighted by molar-refractivity contribution is 0.103. The molecule has 2 aromatic rings. The van der Waals surface area contributed by atoms with E-state index < -0.39 is 0 Å². The molecule has 1 fully saturated rings. The Kier molecular flexibility index (Phi) is 4.60. The van der Waals surface area contributed by atoms with Crippen molar-refractivity contribution in [3.8, 4) is 0 Å². The van der Waals surface area contributed by atoms with E-state index in [1.165, 1.54) is 36.3 Å². The Morgan fingerprint density at radius 1 is 1.10 bits per heavy atom. The van der Waals surface area contributed by atoms with E-state index in [0.717, 1.165) is 23.2 Å². The fourth-order valence-corrected chi connectivity index (χ4v) is 4.00. The van der Waals surface area contributed by atoms with E-state index in [4.69, 9.17) is 0 Å². The molecule has 1 aliphatic rings. The summed E-state index contributed by atoms with van der Waals surface area (Å²) in [5.41, 5.74) is 2.08. The quantitative estimate of drug-likeness (QED) is 0.851. The fraction of sp³-hybridized carbons (Fsp3) is 0.312. The number of hydrogen-bond acceptors (Lipinski definition) is 3. The Morgan fingerprint density at radius 3 is 2.43 bits per heavy atom. The highest BCUT2D eigenvalue weighted by atomic mass is 79.9. The Balaban J connectivity index is 1.67. The molecule has 21 heavy (non-hydrogen) atoms. The normalized spacial score (nSPS) is 15.0. The lowest BCUT2D eigenvalue weighted by atomic mass is 10.1. The largest absolute Gasteiger partial charge is 0.372 e. The molecule has 1 aliphatic heterocycles. The summed E-state index contributed by atoms with van der Waals surface area (Å²) < 4.78 is 0.843. The summed E-state index contributed by atoms with van der Waals surface area (Å²) >= 11 is 4.82. The number of benzene rings is 1. The molecule has 1 aromatic carbocycles. The molecule has 1 aromatic heterocycles. The van der Waals surface area contributed by atoms with E-state index in [1.54, 1.807) is 0 Å². The Hall–Kier alpha value is -1.33. The van der Waals surface area contributed by atoms with E-state index in [9.17, 15) is 4.79 Å². The van der Waals surface area contributed by atoms with E-state index >= 15 is 0 Å². The minimum atomic E-state index is -0.0670.